The second-order valence-corrected chi connectivity index (χ2v) is 6.17. The van der Waals surface area contributed by atoms with Crippen molar-refractivity contribution in [2.75, 3.05) is 5.32 Å². The number of nitrogens with one attached hydrogen (secondary N) is 1. The molecule has 148 valence electrons. The number of benzene rings is 2. The van der Waals surface area contributed by atoms with Crippen LogP contribution in [0.3, 0.4) is 0 Å². The van der Waals surface area contributed by atoms with E-state index in [4.69, 9.17) is 15.6 Å². The van der Waals surface area contributed by atoms with Crippen molar-refractivity contribution in [3.8, 4) is 11.5 Å². The average molecular weight is 394 g/mol. The molecule has 3 rings (SSSR count). The Morgan fingerprint density at radius 3 is 2.34 bits per heavy atom. The van der Waals surface area contributed by atoms with Gasteiger partial charge in [0.2, 0.25) is 5.82 Å². The first-order valence-electron chi connectivity index (χ1n) is 8.64. The number of aromatic nitrogens is 1. The van der Waals surface area contributed by atoms with E-state index in [0.717, 1.165) is 5.56 Å². The minimum Gasteiger partial charge on any atom is -0.480 e. The lowest BCUT2D eigenvalue weighted by molar-refractivity contribution is -0.384. The monoisotopic (exact) mass is 394 g/mol. The summed E-state index contributed by atoms with van der Waals surface area (Å²) in [5.41, 5.74) is 6.83. The van der Waals surface area contributed by atoms with Crippen molar-refractivity contribution in [1.29, 1.82) is 0 Å². The minimum atomic E-state index is -1.05. The van der Waals surface area contributed by atoms with E-state index in [9.17, 15) is 14.9 Å². The summed E-state index contributed by atoms with van der Waals surface area (Å²) < 4.78 is 5.75. The van der Waals surface area contributed by atoms with Gasteiger partial charge in [0.1, 0.15) is 17.5 Å². The first-order valence-corrected chi connectivity index (χ1v) is 8.64. The Kier molecular flexibility index (Phi) is 6.00. The summed E-state index contributed by atoms with van der Waals surface area (Å²) in [5.74, 6) is 0.260. The molecule has 0 bridgehead atoms. The molecule has 2 aromatic carbocycles. The van der Waals surface area contributed by atoms with Gasteiger partial charge in [0.15, 0.2) is 0 Å². The van der Waals surface area contributed by atoms with Crippen LogP contribution in [0.15, 0.2) is 66.9 Å². The second kappa shape index (κ2) is 8.81. The standard InChI is InChI=1S/C20H18N4O5/c21-17(20(25)26)12-13-3-7-15(8-4-13)29-16-9-5-14(6-10-16)23-19-18(24(27)28)2-1-11-22-19/h1-11,17H,12,21H2,(H,22,23)(H,25,26)/t17-/m0/s1. The fourth-order valence-corrected chi connectivity index (χ4v) is 2.55. The predicted octanol–water partition coefficient (Wildman–Crippen LogP) is 3.48. The summed E-state index contributed by atoms with van der Waals surface area (Å²) in [6.07, 6.45) is 1.70. The average Bonchev–Trinajstić information content (AvgIpc) is 2.71. The van der Waals surface area contributed by atoms with Crippen LogP contribution in [0, 0.1) is 10.1 Å². The highest BCUT2D eigenvalue weighted by atomic mass is 16.6. The molecule has 0 radical (unpaired) electrons. The maximum Gasteiger partial charge on any atom is 0.320 e. The van der Waals surface area contributed by atoms with Gasteiger partial charge in [-0.3, -0.25) is 14.9 Å². The lowest BCUT2D eigenvalue weighted by Gasteiger charge is -2.10. The van der Waals surface area contributed by atoms with Gasteiger partial charge in [0.05, 0.1) is 4.92 Å². The highest BCUT2D eigenvalue weighted by Crippen LogP contribution is 2.27. The minimum absolute atomic E-state index is 0.115. The molecule has 4 N–H and O–H groups in total. The van der Waals surface area contributed by atoms with Crippen molar-refractivity contribution < 1.29 is 19.6 Å². The number of ether oxygens (including phenoxy) is 1. The zero-order valence-corrected chi connectivity index (χ0v) is 15.2. The Morgan fingerprint density at radius 1 is 1.14 bits per heavy atom. The molecule has 1 heterocycles. The summed E-state index contributed by atoms with van der Waals surface area (Å²) >= 11 is 0. The molecule has 0 saturated carbocycles. The highest BCUT2D eigenvalue weighted by molar-refractivity contribution is 5.73. The van der Waals surface area contributed by atoms with Crippen LogP contribution in [0.2, 0.25) is 0 Å². The van der Waals surface area contributed by atoms with E-state index >= 15 is 0 Å². The van der Waals surface area contributed by atoms with E-state index in [1.807, 2.05) is 0 Å². The Morgan fingerprint density at radius 2 is 1.76 bits per heavy atom. The number of nitrogens with two attached hydrogens (primary N) is 1. The number of aliphatic carboxylic acids is 1. The summed E-state index contributed by atoms with van der Waals surface area (Å²) in [4.78, 5) is 25.4. The quantitative estimate of drug-likeness (QED) is 0.389. The van der Waals surface area contributed by atoms with Gasteiger partial charge in [0.25, 0.3) is 0 Å². The molecule has 1 atom stereocenters. The van der Waals surface area contributed by atoms with Gasteiger partial charge in [-0.25, -0.2) is 4.98 Å². The van der Waals surface area contributed by atoms with Crippen LogP contribution >= 0.6 is 0 Å². The number of rotatable bonds is 8. The Bertz CT molecular complexity index is 1010. The number of nitro groups is 1. The molecule has 0 aliphatic rings. The summed E-state index contributed by atoms with van der Waals surface area (Å²) in [6, 6.07) is 15.8. The Balaban J connectivity index is 1.64. The van der Waals surface area contributed by atoms with Crippen molar-refractivity contribution in [3.05, 3.63) is 82.5 Å². The van der Waals surface area contributed by atoms with Crippen LogP contribution in [0.25, 0.3) is 0 Å². The number of hydrogen-bond acceptors (Lipinski definition) is 7. The number of nitrogens with zero attached hydrogens (tertiary/aromatic N) is 2. The largest absolute Gasteiger partial charge is 0.480 e. The molecular formula is C20H18N4O5. The SMILES string of the molecule is N[C@@H](Cc1ccc(Oc2ccc(Nc3ncccc3[N+](=O)[O-])cc2)cc1)C(=O)O. The number of carboxylic acid groups (broad SMARTS) is 1. The van der Waals surface area contributed by atoms with E-state index in [0.29, 0.717) is 17.2 Å². The lowest BCUT2D eigenvalue weighted by Crippen LogP contribution is -2.32. The topological polar surface area (TPSA) is 141 Å². The summed E-state index contributed by atoms with van der Waals surface area (Å²) in [5, 5.41) is 22.8. The molecule has 1 aromatic heterocycles. The molecule has 0 amide bonds. The third-order valence-electron chi connectivity index (χ3n) is 4.03. The van der Waals surface area contributed by atoms with E-state index < -0.39 is 16.9 Å². The fraction of sp³-hybridized carbons (Fsp3) is 0.100. The Hall–Kier alpha value is -3.98. The van der Waals surface area contributed by atoms with Crippen LogP contribution in [0.5, 0.6) is 11.5 Å². The molecular weight excluding hydrogens is 376 g/mol. The van der Waals surface area contributed by atoms with Crippen LogP contribution in [-0.4, -0.2) is 27.0 Å². The maximum absolute atomic E-state index is 11.1. The molecule has 0 aliphatic heterocycles. The third-order valence-corrected chi connectivity index (χ3v) is 4.03. The van der Waals surface area contributed by atoms with E-state index in [1.165, 1.54) is 18.3 Å². The van der Waals surface area contributed by atoms with Gasteiger partial charge < -0.3 is 20.9 Å². The molecule has 0 aliphatic carbocycles. The van der Waals surface area contributed by atoms with Crippen LogP contribution < -0.4 is 15.8 Å². The van der Waals surface area contributed by atoms with Crippen molar-refractivity contribution in [2.45, 2.75) is 12.5 Å². The van der Waals surface area contributed by atoms with E-state index in [2.05, 4.69) is 10.3 Å². The smallest absolute Gasteiger partial charge is 0.320 e. The highest BCUT2D eigenvalue weighted by Gasteiger charge is 2.14. The Labute approximate surface area is 165 Å². The van der Waals surface area contributed by atoms with Gasteiger partial charge in [-0.1, -0.05) is 12.1 Å². The molecule has 9 nitrogen and oxygen atoms in total. The lowest BCUT2D eigenvalue weighted by atomic mass is 10.1. The van der Waals surface area contributed by atoms with Crippen LogP contribution in [0.1, 0.15) is 5.56 Å². The first kappa shape index (κ1) is 19.8. The van der Waals surface area contributed by atoms with Crippen LogP contribution in [-0.2, 0) is 11.2 Å². The van der Waals surface area contributed by atoms with Gasteiger partial charge in [0, 0.05) is 18.0 Å². The van der Waals surface area contributed by atoms with Gasteiger partial charge in [-0.15, -0.1) is 0 Å². The molecule has 0 saturated heterocycles. The van der Waals surface area contributed by atoms with Crippen molar-refractivity contribution in [2.24, 2.45) is 5.73 Å². The zero-order chi connectivity index (χ0) is 20.8. The number of anilines is 2. The molecule has 3 aromatic rings. The van der Waals surface area contributed by atoms with E-state index in [-0.39, 0.29) is 17.9 Å². The van der Waals surface area contributed by atoms with Gasteiger partial charge in [-0.05, 0) is 54.4 Å². The van der Waals surface area contributed by atoms with Crippen LogP contribution in [0.4, 0.5) is 17.2 Å². The summed E-state index contributed by atoms with van der Waals surface area (Å²) in [7, 11) is 0. The molecule has 0 spiro atoms. The normalized spacial score (nSPS) is 11.5. The zero-order valence-electron chi connectivity index (χ0n) is 15.2. The van der Waals surface area contributed by atoms with Gasteiger partial charge in [-0.2, -0.15) is 0 Å². The van der Waals surface area contributed by atoms with Crippen molar-refractivity contribution >= 4 is 23.2 Å². The molecule has 0 unspecified atom stereocenters. The van der Waals surface area contributed by atoms with Crippen molar-refractivity contribution in [3.63, 3.8) is 0 Å². The number of pyridine rings is 1. The second-order valence-electron chi connectivity index (χ2n) is 6.17. The number of carboxylic acids is 1. The fourth-order valence-electron chi connectivity index (χ4n) is 2.55. The molecule has 9 heteroatoms. The number of carbonyl (C=O) groups is 1. The van der Waals surface area contributed by atoms with Crippen molar-refractivity contribution in [1.82, 2.24) is 4.98 Å². The molecule has 29 heavy (non-hydrogen) atoms. The summed E-state index contributed by atoms with van der Waals surface area (Å²) in [6.45, 7) is 0. The number of hydrogen-bond donors (Lipinski definition) is 3. The van der Waals surface area contributed by atoms with E-state index in [1.54, 1.807) is 48.5 Å². The predicted molar refractivity (Wildman–Crippen MR) is 106 cm³/mol. The third kappa shape index (κ3) is 5.27. The van der Waals surface area contributed by atoms with Gasteiger partial charge >= 0.3 is 11.7 Å². The maximum atomic E-state index is 11.1. The molecule has 0 fully saturated rings. The first-order chi connectivity index (χ1) is 13.9.